The van der Waals surface area contributed by atoms with E-state index in [-0.39, 0.29) is 0 Å². The number of halogens is 2. The van der Waals surface area contributed by atoms with Gasteiger partial charge in [-0.05, 0) is 19.0 Å². The van der Waals surface area contributed by atoms with Gasteiger partial charge in [-0.15, -0.1) is 0 Å². The average Bonchev–Trinajstić information content (AvgIpc) is 2.19. The Morgan fingerprint density at radius 2 is 1.86 bits per heavy atom. The molecule has 0 heterocycles. The maximum atomic E-state index is 12.9. The summed E-state index contributed by atoms with van der Waals surface area (Å²) in [5, 5.41) is 2.82. The molecule has 14 heavy (non-hydrogen) atoms. The molecule has 1 N–H and O–H groups in total. The van der Waals surface area contributed by atoms with Crippen LogP contribution in [0, 0.1) is 0 Å². The van der Waals surface area contributed by atoms with Gasteiger partial charge in [0, 0.05) is 0 Å². The number of nitrogens with one attached hydrogen (secondary N) is 1. The van der Waals surface area contributed by atoms with Crippen LogP contribution in [0.5, 0.6) is 0 Å². The van der Waals surface area contributed by atoms with E-state index in [0.717, 1.165) is 0 Å². The zero-order valence-electron chi connectivity index (χ0n) is 8.43. The first-order valence-corrected chi connectivity index (χ1v) is 4.70. The molecule has 0 aliphatic carbocycles. The summed E-state index contributed by atoms with van der Waals surface area (Å²) in [7, 11) is 0. The second-order valence-electron chi connectivity index (χ2n) is 3.40. The average molecular weight is 199 g/mol. The summed E-state index contributed by atoms with van der Waals surface area (Å²) < 4.78 is 25.8. The molecule has 1 rings (SSSR count). The summed E-state index contributed by atoms with van der Waals surface area (Å²) in [5.74, 6) is 0. The van der Waals surface area contributed by atoms with Gasteiger partial charge >= 0.3 is 0 Å². The minimum Gasteiger partial charge on any atom is -0.303 e. The molecule has 1 aromatic carbocycles. The van der Waals surface area contributed by atoms with E-state index < -0.39 is 12.0 Å². The van der Waals surface area contributed by atoms with E-state index in [1.54, 1.807) is 24.3 Å². The Bertz CT molecular complexity index is 274. The van der Waals surface area contributed by atoms with E-state index in [1.807, 2.05) is 13.0 Å². The van der Waals surface area contributed by atoms with Crippen LogP contribution in [0.15, 0.2) is 30.3 Å². The third kappa shape index (κ3) is 2.10. The summed E-state index contributed by atoms with van der Waals surface area (Å²) >= 11 is 0. The topological polar surface area (TPSA) is 12.0 Å². The van der Waals surface area contributed by atoms with Crippen molar-refractivity contribution in [2.45, 2.75) is 25.8 Å². The first kappa shape index (κ1) is 11.1. The molecule has 0 bridgehead atoms. The first-order valence-electron chi connectivity index (χ1n) is 4.70. The van der Waals surface area contributed by atoms with Crippen molar-refractivity contribution in [3.05, 3.63) is 35.9 Å². The summed E-state index contributed by atoms with van der Waals surface area (Å²) in [6.45, 7) is 3.87. The van der Waals surface area contributed by atoms with Gasteiger partial charge in [0.25, 0.3) is 6.43 Å². The van der Waals surface area contributed by atoms with E-state index in [9.17, 15) is 8.78 Å². The van der Waals surface area contributed by atoms with Crippen LogP contribution >= 0.6 is 0 Å². The molecule has 1 unspecified atom stereocenters. The van der Waals surface area contributed by atoms with Crippen LogP contribution in [0.1, 0.15) is 19.4 Å². The van der Waals surface area contributed by atoms with Gasteiger partial charge < -0.3 is 5.32 Å². The van der Waals surface area contributed by atoms with E-state index in [0.29, 0.717) is 12.1 Å². The highest BCUT2D eigenvalue weighted by molar-refractivity contribution is 5.24. The summed E-state index contributed by atoms with van der Waals surface area (Å²) in [4.78, 5) is 0. The fourth-order valence-electron chi connectivity index (χ4n) is 1.46. The van der Waals surface area contributed by atoms with Crippen molar-refractivity contribution in [2.75, 3.05) is 6.54 Å². The molecule has 0 fully saturated rings. The molecule has 0 aliphatic heterocycles. The van der Waals surface area contributed by atoms with Gasteiger partial charge in [0.15, 0.2) is 0 Å². The molecule has 3 heteroatoms. The second-order valence-corrected chi connectivity index (χ2v) is 3.40. The Labute approximate surface area is 83.1 Å². The molecule has 0 saturated carbocycles. The number of rotatable bonds is 4. The van der Waals surface area contributed by atoms with Crippen molar-refractivity contribution >= 4 is 0 Å². The Balaban J connectivity index is 2.99. The maximum absolute atomic E-state index is 12.9. The first-order chi connectivity index (χ1) is 6.61. The normalized spacial score (nSPS) is 15.5. The van der Waals surface area contributed by atoms with Crippen molar-refractivity contribution in [3.8, 4) is 0 Å². The molecular weight excluding hydrogens is 184 g/mol. The number of hydrogen-bond donors (Lipinski definition) is 1. The van der Waals surface area contributed by atoms with Gasteiger partial charge in [-0.2, -0.15) is 0 Å². The van der Waals surface area contributed by atoms with Crippen LogP contribution in [0.4, 0.5) is 8.78 Å². The highest BCUT2D eigenvalue weighted by Gasteiger charge is 2.35. The SMILES string of the molecule is CCNC(C)(c1ccccc1)C(F)F. The molecule has 0 spiro atoms. The summed E-state index contributed by atoms with van der Waals surface area (Å²) in [6.07, 6.45) is -2.41. The standard InChI is InChI=1S/C11H15F2N/c1-3-14-11(2,10(12)13)9-7-5-4-6-8-9/h4-8,10,14H,3H2,1-2H3. The van der Waals surface area contributed by atoms with Gasteiger partial charge in [0.2, 0.25) is 0 Å². The molecule has 0 radical (unpaired) electrons. The van der Waals surface area contributed by atoms with Crippen LogP contribution in [0.25, 0.3) is 0 Å². The summed E-state index contributed by atoms with van der Waals surface area (Å²) in [6, 6.07) is 8.80. The zero-order chi connectivity index (χ0) is 10.6. The lowest BCUT2D eigenvalue weighted by Crippen LogP contribution is -2.45. The molecule has 1 nitrogen and oxygen atoms in total. The smallest absolute Gasteiger partial charge is 0.260 e. The van der Waals surface area contributed by atoms with Crippen LogP contribution in [0.2, 0.25) is 0 Å². The third-order valence-electron chi connectivity index (χ3n) is 2.35. The quantitative estimate of drug-likeness (QED) is 0.786. The van der Waals surface area contributed by atoms with Gasteiger partial charge in [-0.3, -0.25) is 0 Å². The largest absolute Gasteiger partial charge is 0.303 e. The van der Waals surface area contributed by atoms with Crippen LogP contribution in [-0.2, 0) is 5.54 Å². The fourth-order valence-corrected chi connectivity index (χ4v) is 1.46. The molecule has 1 atom stereocenters. The highest BCUT2D eigenvalue weighted by atomic mass is 19.3. The van der Waals surface area contributed by atoms with Gasteiger partial charge in [-0.1, -0.05) is 37.3 Å². The van der Waals surface area contributed by atoms with E-state index in [2.05, 4.69) is 5.32 Å². The Kier molecular flexibility index (Phi) is 3.58. The lowest BCUT2D eigenvalue weighted by Gasteiger charge is -2.30. The van der Waals surface area contributed by atoms with Crippen LogP contribution in [0.3, 0.4) is 0 Å². The second kappa shape index (κ2) is 4.51. The molecule has 1 aromatic rings. The van der Waals surface area contributed by atoms with E-state index in [1.165, 1.54) is 6.92 Å². The number of hydrogen-bond acceptors (Lipinski definition) is 1. The maximum Gasteiger partial charge on any atom is 0.260 e. The van der Waals surface area contributed by atoms with Crippen molar-refractivity contribution in [2.24, 2.45) is 0 Å². The molecule has 0 aromatic heterocycles. The lowest BCUT2D eigenvalue weighted by molar-refractivity contribution is 0.0394. The highest BCUT2D eigenvalue weighted by Crippen LogP contribution is 2.27. The van der Waals surface area contributed by atoms with Crippen molar-refractivity contribution in [3.63, 3.8) is 0 Å². The van der Waals surface area contributed by atoms with Gasteiger partial charge in [0.1, 0.15) is 5.54 Å². The number of benzene rings is 1. The predicted octanol–water partition coefficient (Wildman–Crippen LogP) is 2.78. The Hall–Kier alpha value is -0.960. The number of alkyl halides is 2. The minimum absolute atomic E-state index is 0.524. The van der Waals surface area contributed by atoms with E-state index in [4.69, 9.17) is 0 Å². The fraction of sp³-hybridized carbons (Fsp3) is 0.455. The predicted molar refractivity (Wildman–Crippen MR) is 53.5 cm³/mol. The van der Waals surface area contributed by atoms with Crippen molar-refractivity contribution in [1.29, 1.82) is 0 Å². The Morgan fingerprint density at radius 3 is 2.29 bits per heavy atom. The Morgan fingerprint density at radius 1 is 1.29 bits per heavy atom. The molecule has 78 valence electrons. The monoisotopic (exact) mass is 199 g/mol. The third-order valence-corrected chi connectivity index (χ3v) is 2.35. The minimum atomic E-state index is -2.41. The van der Waals surface area contributed by atoms with Crippen molar-refractivity contribution in [1.82, 2.24) is 5.32 Å². The van der Waals surface area contributed by atoms with Crippen LogP contribution < -0.4 is 5.32 Å². The van der Waals surface area contributed by atoms with E-state index >= 15 is 0 Å². The summed E-state index contributed by atoms with van der Waals surface area (Å²) in [5.41, 5.74) is -0.618. The van der Waals surface area contributed by atoms with Crippen molar-refractivity contribution < 1.29 is 8.78 Å². The van der Waals surface area contributed by atoms with Gasteiger partial charge in [0.05, 0.1) is 0 Å². The van der Waals surface area contributed by atoms with Crippen LogP contribution in [-0.4, -0.2) is 13.0 Å². The van der Waals surface area contributed by atoms with Gasteiger partial charge in [-0.25, -0.2) is 8.78 Å². The molecule has 0 saturated heterocycles. The molecule has 0 aliphatic rings. The molecule has 0 amide bonds. The molecular formula is C11H15F2N. The lowest BCUT2D eigenvalue weighted by atomic mass is 9.92. The zero-order valence-corrected chi connectivity index (χ0v) is 8.43.